The maximum atomic E-state index is 14.7. The number of nitrogens with one attached hydrogen (secondary N) is 1. The molecule has 1 saturated heterocycles. The lowest BCUT2D eigenvalue weighted by Gasteiger charge is -2.40. The summed E-state index contributed by atoms with van der Waals surface area (Å²) < 4.78 is 29.7. The molecule has 2 aromatic carbocycles. The van der Waals surface area contributed by atoms with E-state index in [0.29, 0.717) is 6.54 Å². The van der Waals surface area contributed by atoms with E-state index in [2.05, 4.69) is 20.3 Å². The molecule has 2 N–H and O–H groups in total. The van der Waals surface area contributed by atoms with Crippen LogP contribution in [0.1, 0.15) is 18.9 Å². The lowest BCUT2D eigenvalue weighted by atomic mass is 9.85. The van der Waals surface area contributed by atoms with Crippen LogP contribution in [0.3, 0.4) is 0 Å². The van der Waals surface area contributed by atoms with Crippen LogP contribution in [0, 0.1) is 11.6 Å². The van der Waals surface area contributed by atoms with Gasteiger partial charge in [-0.15, -0.1) is 0 Å². The van der Waals surface area contributed by atoms with Crippen LogP contribution >= 0.6 is 0 Å². The normalized spacial score (nSPS) is 20.1. The van der Waals surface area contributed by atoms with Crippen LogP contribution in [-0.2, 0) is 12.1 Å². The summed E-state index contributed by atoms with van der Waals surface area (Å²) >= 11 is 0. The molecule has 1 unspecified atom stereocenters. The Morgan fingerprint density at radius 3 is 2.73 bits per heavy atom. The quantitative estimate of drug-likeness (QED) is 0.623. The first kappa shape index (κ1) is 20.4. The van der Waals surface area contributed by atoms with Gasteiger partial charge in [0.25, 0.3) is 0 Å². The average Bonchev–Trinajstić information content (AvgIpc) is 3.40. The first-order valence-corrected chi connectivity index (χ1v) is 10.0. The van der Waals surface area contributed by atoms with E-state index in [9.17, 15) is 13.9 Å². The molecule has 0 spiro atoms. The number of aliphatic hydroxyl groups is 1. The van der Waals surface area contributed by atoms with Gasteiger partial charge in [-0.3, -0.25) is 4.90 Å². The second-order valence-electron chi connectivity index (χ2n) is 7.81. The van der Waals surface area contributed by atoms with Gasteiger partial charge >= 0.3 is 0 Å². The molecule has 6 nitrogen and oxygen atoms in total. The SMILES string of the molecule is C[C@@H](N1CCC(Nc2ccccc2)C1)[C@](O)(Cn1cncn1)c1ccc(F)cc1F. The Labute approximate surface area is 174 Å². The van der Waals surface area contributed by atoms with Crippen molar-refractivity contribution in [1.29, 1.82) is 0 Å². The fourth-order valence-electron chi connectivity index (χ4n) is 4.17. The Kier molecular flexibility index (Phi) is 5.78. The van der Waals surface area contributed by atoms with Crippen LogP contribution in [0.15, 0.2) is 61.2 Å². The molecule has 3 atom stereocenters. The average molecular weight is 413 g/mol. The zero-order chi connectivity index (χ0) is 21.1. The van der Waals surface area contributed by atoms with E-state index >= 15 is 0 Å². The van der Waals surface area contributed by atoms with Crippen molar-refractivity contribution < 1.29 is 13.9 Å². The van der Waals surface area contributed by atoms with Crippen LogP contribution in [-0.4, -0.2) is 49.9 Å². The zero-order valence-electron chi connectivity index (χ0n) is 16.7. The monoisotopic (exact) mass is 413 g/mol. The van der Waals surface area contributed by atoms with E-state index in [1.165, 1.54) is 29.5 Å². The van der Waals surface area contributed by atoms with E-state index in [-0.39, 0.29) is 18.2 Å². The van der Waals surface area contributed by atoms with Gasteiger partial charge in [0.05, 0.1) is 6.54 Å². The van der Waals surface area contributed by atoms with Gasteiger partial charge in [-0.1, -0.05) is 24.3 Å². The predicted molar refractivity (Wildman–Crippen MR) is 110 cm³/mol. The molecule has 0 radical (unpaired) electrons. The molecule has 0 aliphatic carbocycles. The molecule has 0 amide bonds. The number of halogens is 2. The summed E-state index contributed by atoms with van der Waals surface area (Å²) in [7, 11) is 0. The Balaban J connectivity index is 1.57. The fraction of sp³-hybridized carbons (Fsp3) is 0.364. The highest BCUT2D eigenvalue weighted by atomic mass is 19.1. The minimum Gasteiger partial charge on any atom is -0.381 e. The molecule has 3 aromatic rings. The lowest BCUT2D eigenvalue weighted by molar-refractivity contribution is -0.0579. The van der Waals surface area contributed by atoms with Crippen molar-refractivity contribution in [2.45, 2.75) is 37.6 Å². The summed E-state index contributed by atoms with van der Waals surface area (Å²) in [5, 5.41) is 19.3. The Bertz CT molecular complexity index is 969. The van der Waals surface area contributed by atoms with Crippen molar-refractivity contribution in [3.05, 3.63) is 78.4 Å². The van der Waals surface area contributed by atoms with Crippen LogP contribution in [0.4, 0.5) is 14.5 Å². The molecule has 4 rings (SSSR count). The minimum atomic E-state index is -1.62. The zero-order valence-corrected chi connectivity index (χ0v) is 16.7. The maximum Gasteiger partial charge on any atom is 0.137 e. The van der Waals surface area contributed by atoms with Gasteiger partial charge in [0.1, 0.15) is 29.9 Å². The van der Waals surface area contributed by atoms with Gasteiger partial charge in [0.2, 0.25) is 0 Å². The molecule has 1 aliphatic rings. The number of rotatable bonds is 7. The number of likely N-dealkylation sites (tertiary alicyclic amines) is 1. The molecule has 1 fully saturated rings. The van der Waals surface area contributed by atoms with Gasteiger partial charge < -0.3 is 10.4 Å². The molecule has 30 heavy (non-hydrogen) atoms. The molecule has 1 aliphatic heterocycles. The van der Waals surface area contributed by atoms with Crippen molar-refractivity contribution in [3.63, 3.8) is 0 Å². The molecular weight excluding hydrogens is 388 g/mol. The summed E-state index contributed by atoms with van der Waals surface area (Å²) in [6, 6.07) is 13.0. The third-order valence-electron chi connectivity index (χ3n) is 5.87. The minimum absolute atomic E-state index is 0.00397. The van der Waals surface area contributed by atoms with Gasteiger partial charge in [0.15, 0.2) is 0 Å². The lowest BCUT2D eigenvalue weighted by Crippen LogP contribution is -2.51. The van der Waals surface area contributed by atoms with E-state index in [1.54, 1.807) is 0 Å². The molecular formula is C22H25F2N5O. The second kappa shape index (κ2) is 8.49. The van der Waals surface area contributed by atoms with Crippen molar-refractivity contribution in [2.75, 3.05) is 18.4 Å². The standard InChI is InChI=1S/C22H25F2N5O/c1-16(28-10-9-19(12-28)27-18-5-3-2-4-6-18)22(30,13-29-15-25-14-26-29)20-8-7-17(23)11-21(20)24/h2-8,11,14-16,19,27,30H,9-10,12-13H2,1H3/t16-,19?,22-/m1/s1. The van der Waals surface area contributed by atoms with Crippen LogP contribution in [0.2, 0.25) is 0 Å². The second-order valence-corrected chi connectivity index (χ2v) is 7.81. The summed E-state index contributed by atoms with van der Waals surface area (Å²) in [6.07, 6.45) is 3.73. The predicted octanol–water partition coefficient (Wildman–Crippen LogP) is 3.02. The maximum absolute atomic E-state index is 14.7. The number of benzene rings is 2. The molecule has 0 saturated carbocycles. The van der Waals surface area contributed by atoms with Crippen LogP contribution in [0.5, 0.6) is 0 Å². The summed E-state index contributed by atoms with van der Waals surface area (Å²) in [6.45, 7) is 3.31. The molecule has 8 heteroatoms. The fourth-order valence-corrected chi connectivity index (χ4v) is 4.17. The Morgan fingerprint density at radius 2 is 2.03 bits per heavy atom. The molecule has 0 bridgehead atoms. The van der Waals surface area contributed by atoms with E-state index < -0.39 is 23.3 Å². The largest absolute Gasteiger partial charge is 0.381 e. The van der Waals surface area contributed by atoms with Crippen molar-refractivity contribution in [1.82, 2.24) is 19.7 Å². The van der Waals surface area contributed by atoms with E-state index in [4.69, 9.17) is 0 Å². The van der Waals surface area contributed by atoms with Crippen molar-refractivity contribution in [2.24, 2.45) is 0 Å². The van der Waals surface area contributed by atoms with Crippen LogP contribution < -0.4 is 5.32 Å². The third-order valence-corrected chi connectivity index (χ3v) is 5.87. The van der Waals surface area contributed by atoms with E-state index in [0.717, 1.165) is 24.7 Å². The number of anilines is 1. The van der Waals surface area contributed by atoms with Gasteiger partial charge in [-0.05, 0) is 31.5 Å². The Hall–Kier alpha value is -2.84. The van der Waals surface area contributed by atoms with E-state index in [1.807, 2.05) is 37.3 Å². The highest BCUT2D eigenvalue weighted by Gasteiger charge is 2.43. The van der Waals surface area contributed by atoms with Crippen molar-refractivity contribution >= 4 is 5.69 Å². The van der Waals surface area contributed by atoms with Gasteiger partial charge in [0, 0.05) is 42.5 Å². The summed E-state index contributed by atoms with van der Waals surface area (Å²) in [5.74, 6) is -1.46. The summed E-state index contributed by atoms with van der Waals surface area (Å²) in [5.41, 5.74) is -0.529. The number of hydrogen-bond donors (Lipinski definition) is 2. The number of aromatic nitrogens is 3. The summed E-state index contributed by atoms with van der Waals surface area (Å²) in [4.78, 5) is 6.04. The number of nitrogens with zero attached hydrogens (tertiary/aromatic N) is 4. The van der Waals surface area contributed by atoms with Crippen molar-refractivity contribution in [3.8, 4) is 0 Å². The van der Waals surface area contributed by atoms with Crippen LogP contribution in [0.25, 0.3) is 0 Å². The number of para-hydroxylation sites is 1. The topological polar surface area (TPSA) is 66.2 Å². The third kappa shape index (κ3) is 4.20. The Morgan fingerprint density at radius 1 is 1.23 bits per heavy atom. The molecule has 158 valence electrons. The number of hydrogen-bond acceptors (Lipinski definition) is 5. The van der Waals surface area contributed by atoms with Gasteiger partial charge in [-0.2, -0.15) is 5.10 Å². The highest BCUT2D eigenvalue weighted by Crippen LogP contribution is 2.34. The molecule has 2 heterocycles. The highest BCUT2D eigenvalue weighted by molar-refractivity contribution is 5.43. The van der Waals surface area contributed by atoms with Gasteiger partial charge in [-0.25, -0.2) is 18.4 Å². The first-order valence-electron chi connectivity index (χ1n) is 10.0. The first-order chi connectivity index (χ1) is 14.5. The molecule has 1 aromatic heterocycles. The smallest absolute Gasteiger partial charge is 0.137 e.